The molecular weight excluding hydrogens is 480 g/mol. The Kier molecular flexibility index (Phi) is 5.32. The smallest absolute Gasteiger partial charge is 0.283 e. The van der Waals surface area contributed by atoms with Gasteiger partial charge in [-0.15, -0.1) is 0 Å². The number of benzene rings is 2. The second-order valence-corrected chi connectivity index (χ2v) is 9.42. The number of pyridine rings is 1. The third kappa shape index (κ3) is 3.96. The molecule has 0 spiro atoms. The van der Waals surface area contributed by atoms with Crippen LogP contribution in [0.4, 0.5) is 0 Å². The molecule has 0 fully saturated rings. The van der Waals surface area contributed by atoms with Crippen LogP contribution in [0.2, 0.25) is 5.02 Å². The molecule has 2 aliphatic rings. The topological polar surface area (TPSA) is 86.7 Å². The van der Waals surface area contributed by atoms with Crippen molar-refractivity contribution in [2.75, 3.05) is 0 Å². The third-order valence-electron chi connectivity index (χ3n) is 5.75. The van der Waals surface area contributed by atoms with E-state index in [-0.39, 0.29) is 11.4 Å². The lowest BCUT2D eigenvalue weighted by Gasteiger charge is -2.20. The molecule has 7 nitrogen and oxygen atoms in total. The summed E-state index contributed by atoms with van der Waals surface area (Å²) >= 11 is 7.29. The van der Waals surface area contributed by atoms with Crippen molar-refractivity contribution >= 4 is 62.3 Å². The van der Waals surface area contributed by atoms with Crippen molar-refractivity contribution in [3.05, 3.63) is 107 Å². The second-order valence-electron chi connectivity index (χ2n) is 8.02. The number of rotatable bonds is 4. The van der Waals surface area contributed by atoms with E-state index in [2.05, 4.69) is 19.6 Å². The first-order valence-corrected chi connectivity index (χ1v) is 12.0. The standard InChI is InChI=1S/C26H17ClN6OS/c27-19-9-7-16(8-10-19)14-32-15-18(20-5-1-2-6-22(20)32)12-21-23(28)33-26(30-24(21)34)35-25(31-33)17-4-3-11-29-13-17/h1-13,15,28H,14H2. The largest absolute Gasteiger partial charge is 0.342 e. The number of aromatic nitrogens is 2. The van der Waals surface area contributed by atoms with Crippen LogP contribution < -0.4 is 0 Å². The molecule has 0 saturated heterocycles. The number of amides is 1. The fraction of sp³-hybridized carbons (Fsp3) is 0.0385. The molecule has 0 radical (unpaired) electrons. The van der Waals surface area contributed by atoms with E-state index in [1.165, 1.54) is 16.8 Å². The number of nitrogens with one attached hydrogen (secondary N) is 1. The molecule has 2 aromatic carbocycles. The Hall–Kier alpha value is -4.01. The Morgan fingerprint density at radius 2 is 1.89 bits per heavy atom. The molecule has 1 N–H and O–H groups in total. The van der Waals surface area contributed by atoms with Crippen molar-refractivity contribution in [1.82, 2.24) is 14.6 Å². The SMILES string of the molecule is N=C1C(=Cc2cn(Cc3ccc(Cl)cc3)c3ccccc23)C(=O)N=C2SC(c3cccnc3)=NN12. The summed E-state index contributed by atoms with van der Waals surface area (Å²) in [6.07, 6.45) is 7.11. The first-order chi connectivity index (χ1) is 17.1. The molecule has 2 aliphatic heterocycles. The van der Waals surface area contributed by atoms with Gasteiger partial charge in [0.15, 0.2) is 5.84 Å². The Balaban J connectivity index is 1.37. The molecule has 4 heterocycles. The van der Waals surface area contributed by atoms with E-state index in [4.69, 9.17) is 17.0 Å². The Bertz CT molecular complexity index is 1590. The molecule has 0 aliphatic carbocycles. The average Bonchev–Trinajstić information content (AvgIpc) is 3.46. The number of aliphatic imine (C=N–C) groups is 1. The molecule has 0 unspecified atom stereocenters. The predicted molar refractivity (Wildman–Crippen MR) is 141 cm³/mol. The van der Waals surface area contributed by atoms with Gasteiger partial charge in [-0.1, -0.05) is 41.9 Å². The lowest BCUT2D eigenvalue weighted by atomic mass is 10.1. The summed E-state index contributed by atoms with van der Waals surface area (Å²) in [5.41, 5.74) is 3.98. The monoisotopic (exact) mass is 496 g/mol. The summed E-state index contributed by atoms with van der Waals surface area (Å²) in [6, 6.07) is 19.4. The minimum atomic E-state index is -0.453. The number of para-hydroxylation sites is 1. The highest BCUT2D eigenvalue weighted by Crippen LogP contribution is 2.32. The number of hydrogen-bond acceptors (Lipinski definition) is 5. The summed E-state index contributed by atoms with van der Waals surface area (Å²) in [5, 5.41) is 17.4. The number of carbonyl (C=O) groups excluding carboxylic acids is 1. The minimum Gasteiger partial charge on any atom is -0.342 e. The fourth-order valence-corrected chi connectivity index (χ4v) is 5.07. The van der Waals surface area contributed by atoms with E-state index in [1.54, 1.807) is 18.5 Å². The lowest BCUT2D eigenvalue weighted by molar-refractivity contribution is -0.114. The van der Waals surface area contributed by atoms with Gasteiger partial charge in [0, 0.05) is 52.2 Å². The number of nitrogens with zero attached hydrogens (tertiary/aromatic N) is 5. The number of hydrogen-bond donors (Lipinski definition) is 1. The lowest BCUT2D eigenvalue weighted by Crippen LogP contribution is -2.35. The number of fused-ring (bicyclic) bond motifs is 2. The third-order valence-corrected chi connectivity index (χ3v) is 6.96. The molecule has 9 heteroatoms. The second kappa shape index (κ2) is 8.65. The molecule has 0 bridgehead atoms. The van der Waals surface area contributed by atoms with Gasteiger partial charge in [-0.05, 0) is 53.7 Å². The molecule has 170 valence electrons. The van der Waals surface area contributed by atoms with E-state index in [0.717, 1.165) is 27.6 Å². The molecule has 2 aromatic heterocycles. The van der Waals surface area contributed by atoms with Gasteiger partial charge >= 0.3 is 0 Å². The van der Waals surface area contributed by atoms with Crippen molar-refractivity contribution < 1.29 is 4.79 Å². The zero-order valence-electron chi connectivity index (χ0n) is 18.2. The number of hydrazone groups is 1. The fourth-order valence-electron chi connectivity index (χ4n) is 4.06. The molecule has 35 heavy (non-hydrogen) atoms. The van der Waals surface area contributed by atoms with Crippen LogP contribution in [0.3, 0.4) is 0 Å². The van der Waals surface area contributed by atoms with Crippen molar-refractivity contribution in [3.8, 4) is 0 Å². The minimum absolute atomic E-state index is 0.000854. The Labute approximate surface area is 210 Å². The van der Waals surface area contributed by atoms with Crippen molar-refractivity contribution in [3.63, 3.8) is 0 Å². The highest BCUT2D eigenvalue weighted by molar-refractivity contribution is 8.27. The normalized spacial score (nSPS) is 16.6. The number of carbonyl (C=O) groups is 1. The quantitative estimate of drug-likeness (QED) is 0.383. The molecule has 0 saturated carbocycles. The van der Waals surface area contributed by atoms with E-state index in [0.29, 0.717) is 21.8 Å². The molecule has 6 rings (SSSR count). The van der Waals surface area contributed by atoms with Crippen LogP contribution in [0, 0.1) is 5.41 Å². The van der Waals surface area contributed by atoms with Gasteiger partial charge in [-0.2, -0.15) is 15.1 Å². The molecule has 4 aromatic rings. The van der Waals surface area contributed by atoms with Gasteiger partial charge in [0.25, 0.3) is 5.91 Å². The summed E-state index contributed by atoms with van der Waals surface area (Å²) in [7, 11) is 0. The highest BCUT2D eigenvalue weighted by Gasteiger charge is 2.36. The maximum atomic E-state index is 12.9. The number of thioether (sulfide) groups is 1. The van der Waals surface area contributed by atoms with Gasteiger partial charge in [0.2, 0.25) is 5.17 Å². The van der Waals surface area contributed by atoms with Gasteiger partial charge < -0.3 is 4.57 Å². The van der Waals surface area contributed by atoms with Crippen LogP contribution in [0.1, 0.15) is 16.7 Å². The molecule has 1 amide bonds. The van der Waals surface area contributed by atoms with Crippen molar-refractivity contribution in [2.45, 2.75) is 6.54 Å². The van der Waals surface area contributed by atoms with Gasteiger partial charge in [0.05, 0.1) is 5.57 Å². The van der Waals surface area contributed by atoms with E-state index in [1.807, 2.05) is 66.9 Å². The number of amidine groups is 2. The zero-order chi connectivity index (χ0) is 23.9. The summed E-state index contributed by atoms with van der Waals surface area (Å²) in [5.74, 6) is -0.452. The summed E-state index contributed by atoms with van der Waals surface area (Å²) < 4.78 is 2.13. The van der Waals surface area contributed by atoms with E-state index < -0.39 is 5.91 Å². The molecular formula is C26H17ClN6OS. The first kappa shape index (κ1) is 21.5. The Morgan fingerprint density at radius 3 is 2.69 bits per heavy atom. The van der Waals surface area contributed by atoms with E-state index in [9.17, 15) is 4.79 Å². The van der Waals surface area contributed by atoms with Crippen LogP contribution in [0.15, 0.2) is 94.9 Å². The van der Waals surface area contributed by atoms with E-state index >= 15 is 0 Å². The van der Waals surface area contributed by atoms with Crippen LogP contribution >= 0.6 is 23.4 Å². The summed E-state index contributed by atoms with van der Waals surface area (Å²) in [4.78, 5) is 21.3. The van der Waals surface area contributed by atoms with Crippen molar-refractivity contribution in [1.29, 1.82) is 5.41 Å². The van der Waals surface area contributed by atoms with Gasteiger partial charge in [-0.25, -0.2) is 0 Å². The average molecular weight is 497 g/mol. The first-order valence-electron chi connectivity index (χ1n) is 10.8. The summed E-state index contributed by atoms with van der Waals surface area (Å²) in [6.45, 7) is 0.649. The Morgan fingerprint density at radius 1 is 1.06 bits per heavy atom. The maximum Gasteiger partial charge on any atom is 0.283 e. The zero-order valence-corrected chi connectivity index (χ0v) is 19.8. The van der Waals surface area contributed by atoms with Gasteiger partial charge in [-0.3, -0.25) is 15.2 Å². The highest BCUT2D eigenvalue weighted by atomic mass is 35.5. The predicted octanol–water partition coefficient (Wildman–Crippen LogP) is 5.41. The van der Waals surface area contributed by atoms with Gasteiger partial charge in [0.1, 0.15) is 5.04 Å². The molecule has 0 atom stereocenters. The van der Waals surface area contributed by atoms with Crippen LogP contribution in [-0.2, 0) is 11.3 Å². The number of halogens is 1. The van der Waals surface area contributed by atoms with Crippen LogP contribution in [0.5, 0.6) is 0 Å². The van der Waals surface area contributed by atoms with Crippen LogP contribution in [0.25, 0.3) is 17.0 Å². The van der Waals surface area contributed by atoms with Crippen LogP contribution in [-0.4, -0.2) is 36.5 Å². The maximum absolute atomic E-state index is 12.9. The van der Waals surface area contributed by atoms with Crippen molar-refractivity contribution in [2.24, 2.45) is 10.1 Å².